The third-order valence-electron chi connectivity index (χ3n) is 5.63. The van der Waals surface area contributed by atoms with Crippen LogP contribution in [0.1, 0.15) is 21.5 Å². The molecule has 5 rings (SSSR count). The van der Waals surface area contributed by atoms with E-state index in [9.17, 15) is 9.59 Å². The topological polar surface area (TPSA) is 97.6 Å². The van der Waals surface area contributed by atoms with Gasteiger partial charge in [-0.1, -0.05) is 30.3 Å². The van der Waals surface area contributed by atoms with Gasteiger partial charge in [-0.2, -0.15) is 0 Å². The highest BCUT2D eigenvalue weighted by molar-refractivity contribution is 5.94. The molecule has 0 unspecified atom stereocenters. The van der Waals surface area contributed by atoms with E-state index in [1.54, 1.807) is 29.2 Å². The molecule has 1 fully saturated rings. The lowest BCUT2D eigenvalue weighted by Crippen LogP contribution is -2.24. The molecule has 8 heteroatoms. The summed E-state index contributed by atoms with van der Waals surface area (Å²) in [7, 11) is 0. The lowest BCUT2D eigenvalue weighted by Gasteiger charge is -2.14. The zero-order valence-corrected chi connectivity index (χ0v) is 18.5. The van der Waals surface area contributed by atoms with Crippen LogP contribution in [0.4, 0.5) is 10.5 Å². The third-order valence-corrected chi connectivity index (χ3v) is 5.63. The Balaban J connectivity index is 1.24. The molecule has 1 N–H and O–H groups in total. The van der Waals surface area contributed by atoms with E-state index in [0.717, 1.165) is 27.9 Å². The second-order valence-corrected chi connectivity index (χ2v) is 7.92. The maximum absolute atomic E-state index is 12.6. The lowest BCUT2D eigenvalue weighted by molar-refractivity contribution is 0.0951. The highest BCUT2D eigenvalue weighted by Crippen LogP contribution is 2.26. The number of carbonyl (C=O) groups is 2. The van der Waals surface area contributed by atoms with Crippen molar-refractivity contribution in [3.05, 3.63) is 89.5 Å². The predicted octanol–water partition coefficient (Wildman–Crippen LogP) is 4.60. The minimum atomic E-state index is -0.353. The number of hydrogen-bond donors (Lipinski definition) is 1. The fourth-order valence-corrected chi connectivity index (χ4v) is 3.77. The molecule has 1 saturated heterocycles. The van der Waals surface area contributed by atoms with Gasteiger partial charge in [0, 0.05) is 28.9 Å². The summed E-state index contributed by atoms with van der Waals surface area (Å²) in [5, 5.41) is 11.2. The normalized spacial score (nSPS) is 13.1. The summed E-state index contributed by atoms with van der Waals surface area (Å²) in [5.41, 5.74) is 4.83. The molecule has 3 aromatic carbocycles. The maximum Gasteiger partial charge on any atom is 0.414 e. The molecule has 2 heterocycles. The number of hydrogen-bond acceptors (Lipinski definition) is 6. The summed E-state index contributed by atoms with van der Waals surface area (Å²) in [6, 6.07) is 22.3. The van der Waals surface area contributed by atoms with Gasteiger partial charge in [-0.25, -0.2) is 4.79 Å². The molecule has 1 aliphatic rings. The Morgan fingerprint density at radius 3 is 2.56 bits per heavy atom. The molecular weight excluding hydrogens is 432 g/mol. The summed E-state index contributed by atoms with van der Waals surface area (Å²) in [6.45, 7) is 3.23. The van der Waals surface area contributed by atoms with E-state index < -0.39 is 0 Å². The Morgan fingerprint density at radius 1 is 1.00 bits per heavy atom. The van der Waals surface area contributed by atoms with Gasteiger partial charge in [-0.05, 0) is 60.5 Å². The molecule has 0 bridgehead atoms. The molecule has 0 spiro atoms. The molecule has 8 nitrogen and oxygen atoms in total. The minimum Gasteiger partial charge on any atom is -0.447 e. The van der Waals surface area contributed by atoms with Crippen molar-refractivity contribution in [1.29, 1.82) is 0 Å². The number of aromatic nitrogens is 2. The average molecular weight is 454 g/mol. The molecule has 2 amide bonds. The highest BCUT2D eigenvalue weighted by Gasteiger charge is 2.23. The van der Waals surface area contributed by atoms with Crippen LogP contribution in [0.3, 0.4) is 0 Å². The van der Waals surface area contributed by atoms with Gasteiger partial charge in [0.25, 0.3) is 5.91 Å². The number of amides is 2. The zero-order chi connectivity index (χ0) is 23.5. The first-order chi connectivity index (χ1) is 16.6. The molecule has 0 aliphatic carbocycles. The Hall–Kier alpha value is -4.46. The molecule has 1 aliphatic heterocycles. The molecule has 0 radical (unpaired) electrons. The van der Waals surface area contributed by atoms with E-state index >= 15 is 0 Å². The van der Waals surface area contributed by atoms with Crippen LogP contribution in [0.15, 0.2) is 77.2 Å². The fourth-order valence-electron chi connectivity index (χ4n) is 3.77. The number of aryl methyl sites for hydroxylation is 1. The SMILES string of the molecule is Cc1ccccc1-c1nnc(-c2ccc(C(=O)NCc3cccc(N4CCOC4=O)c3)cc2)o1. The molecule has 4 aromatic rings. The van der Waals surface area contributed by atoms with Crippen LogP contribution < -0.4 is 10.2 Å². The fraction of sp³-hybridized carbons (Fsp3) is 0.154. The number of anilines is 1. The first kappa shape index (κ1) is 21.4. The summed E-state index contributed by atoms with van der Waals surface area (Å²) in [6.07, 6.45) is -0.353. The number of cyclic esters (lactones) is 1. The quantitative estimate of drug-likeness (QED) is 0.457. The maximum atomic E-state index is 12.6. The molecule has 1 aromatic heterocycles. The first-order valence-corrected chi connectivity index (χ1v) is 10.9. The lowest BCUT2D eigenvalue weighted by atomic mass is 10.1. The Labute approximate surface area is 196 Å². The van der Waals surface area contributed by atoms with E-state index in [-0.39, 0.29) is 12.0 Å². The number of ether oxygens (including phenoxy) is 1. The van der Waals surface area contributed by atoms with Crippen molar-refractivity contribution in [3.63, 3.8) is 0 Å². The van der Waals surface area contributed by atoms with E-state index in [1.165, 1.54) is 0 Å². The van der Waals surface area contributed by atoms with Crippen LogP contribution in [-0.4, -0.2) is 35.3 Å². The van der Waals surface area contributed by atoms with Crippen LogP contribution in [0.25, 0.3) is 22.9 Å². The van der Waals surface area contributed by atoms with Crippen molar-refractivity contribution in [2.75, 3.05) is 18.1 Å². The van der Waals surface area contributed by atoms with Crippen LogP contribution in [-0.2, 0) is 11.3 Å². The highest BCUT2D eigenvalue weighted by atomic mass is 16.6. The average Bonchev–Trinajstić information content (AvgIpc) is 3.52. The van der Waals surface area contributed by atoms with E-state index in [2.05, 4.69) is 15.5 Å². The number of nitrogens with zero attached hydrogens (tertiary/aromatic N) is 3. The number of benzene rings is 3. The molecular formula is C26H22N4O4. The molecule has 0 saturated carbocycles. The summed E-state index contributed by atoms with van der Waals surface area (Å²) < 4.78 is 10.8. The van der Waals surface area contributed by atoms with Crippen LogP contribution in [0.5, 0.6) is 0 Å². The van der Waals surface area contributed by atoms with Crippen molar-refractivity contribution in [1.82, 2.24) is 15.5 Å². The minimum absolute atomic E-state index is 0.205. The van der Waals surface area contributed by atoms with Crippen molar-refractivity contribution in [3.8, 4) is 22.9 Å². The van der Waals surface area contributed by atoms with E-state index in [0.29, 0.717) is 37.0 Å². The molecule has 34 heavy (non-hydrogen) atoms. The third kappa shape index (κ3) is 4.38. The van der Waals surface area contributed by atoms with Crippen LogP contribution >= 0.6 is 0 Å². The number of rotatable bonds is 6. The van der Waals surface area contributed by atoms with Gasteiger partial charge in [0.1, 0.15) is 6.61 Å². The van der Waals surface area contributed by atoms with Gasteiger partial charge in [-0.15, -0.1) is 10.2 Å². The first-order valence-electron chi connectivity index (χ1n) is 10.9. The second-order valence-electron chi connectivity index (χ2n) is 7.92. The summed E-state index contributed by atoms with van der Waals surface area (Å²) in [4.78, 5) is 26.0. The van der Waals surface area contributed by atoms with Crippen molar-refractivity contribution in [2.24, 2.45) is 0 Å². The smallest absolute Gasteiger partial charge is 0.414 e. The standard InChI is InChI=1S/C26H22N4O4/c1-17-5-2-3-8-22(17)25-29-28-24(34-25)20-11-9-19(10-12-20)23(31)27-16-18-6-4-7-21(15-18)30-13-14-33-26(30)32/h2-12,15H,13-14,16H2,1H3,(H,27,31). The van der Waals surface area contributed by atoms with Crippen LogP contribution in [0.2, 0.25) is 0 Å². The van der Waals surface area contributed by atoms with Gasteiger partial charge in [0.05, 0.1) is 6.54 Å². The number of carbonyl (C=O) groups excluding carboxylic acids is 2. The number of nitrogens with one attached hydrogen (secondary N) is 1. The summed E-state index contributed by atoms with van der Waals surface area (Å²) in [5.74, 6) is 0.644. The Kier molecular flexibility index (Phi) is 5.78. The zero-order valence-electron chi connectivity index (χ0n) is 18.5. The van der Waals surface area contributed by atoms with E-state index in [4.69, 9.17) is 9.15 Å². The molecule has 0 atom stereocenters. The Morgan fingerprint density at radius 2 is 1.79 bits per heavy atom. The largest absolute Gasteiger partial charge is 0.447 e. The monoisotopic (exact) mass is 454 g/mol. The Bertz CT molecular complexity index is 1350. The van der Waals surface area contributed by atoms with Gasteiger partial charge in [0.2, 0.25) is 11.8 Å². The second kappa shape index (κ2) is 9.19. The van der Waals surface area contributed by atoms with Gasteiger partial charge >= 0.3 is 6.09 Å². The van der Waals surface area contributed by atoms with Crippen molar-refractivity contribution < 1.29 is 18.7 Å². The van der Waals surface area contributed by atoms with Crippen molar-refractivity contribution in [2.45, 2.75) is 13.5 Å². The van der Waals surface area contributed by atoms with Gasteiger partial charge in [0.15, 0.2) is 0 Å². The predicted molar refractivity (Wildman–Crippen MR) is 126 cm³/mol. The van der Waals surface area contributed by atoms with Crippen molar-refractivity contribution >= 4 is 17.7 Å². The summed E-state index contributed by atoms with van der Waals surface area (Å²) >= 11 is 0. The van der Waals surface area contributed by atoms with E-state index in [1.807, 2.05) is 55.5 Å². The van der Waals surface area contributed by atoms with Gasteiger partial charge in [-0.3, -0.25) is 9.69 Å². The van der Waals surface area contributed by atoms with Crippen LogP contribution in [0, 0.1) is 6.92 Å². The van der Waals surface area contributed by atoms with Gasteiger partial charge < -0.3 is 14.5 Å². The molecule has 170 valence electrons.